The summed E-state index contributed by atoms with van der Waals surface area (Å²) in [4.78, 5) is 17.1. The Morgan fingerprint density at radius 2 is 0.950 bits per heavy atom. The second-order valence-corrected chi connectivity index (χ2v) is 5.26. The number of aliphatic carboxylic acids is 2. The molecule has 0 spiro atoms. The quantitative estimate of drug-likeness (QED) is 0.345. The van der Waals surface area contributed by atoms with E-state index < -0.39 is 21.8 Å². The van der Waals surface area contributed by atoms with E-state index in [9.17, 15) is 19.8 Å². The van der Waals surface area contributed by atoms with Crippen LogP contribution in [-0.4, -0.2) is 135 Å². The Morgan fingerprint density at radius 1 is 0.750 bits per heavy atom. The van der Waals surface area contributed by atoms with E-state index in [-0.39, 0.29) is 92.5 Å². The van der Waals surface area contributed by atoms with Gasteiger partial charge >= 0.3 is 71.1 Å². The first-order chi connectivity index (χ1) is 6.30. The van der Waals surface area contributed by atoms with Gasteiger partial charge in [0.15, 0.2) is 0 Å². The number of hydrogen-bond donors (Lipinski definition) is 4. The second-order valence-electron chi connectivity index (χ2n) is 2.76. The Kier molecular flexibility index (Phi) is 26.3. The van der Waals surface area contributed by atoms with Crippen LogP contribution in [-0.2, 0) is 9.59 Å². The summed E-state index contributed by atoms with van der Waals surface area (Å²) >= 11 is 1.03. The first kappa shape index (κ1) is 37.6. The van der Waals surface area contributed by atoms with E-state index in [1.54, 1.807) is 0 Å². The average molecular weight is 360 g/mol. The van der Waals surface area contributed by atoms with Gasteiger partial charge in [0.2, 0.25) is 9.87 Å². The number of rotatable bonds is 2. The fraction of sp³-hybridized carbons (Fsp3) is 0.667. The Labute approximate surface area is 166 Å². The minimum absolute atomic E-state index is 0. The monoisotopic (exact) mass is 360 g/mol. The van der Waals surface area contributed by atoms with Crippen molar-refractivity contribution in [2.75, 3.05) is 11.5 Å². The van der Waals surface area contributed by atoms with Gasteiger partial charge in [-0.25, -0.2) is 9.59 Å². The Balaban J connectivity index is -0.0000000817. The molecular weight excluding hydrogens is 342 g/mol. The van der Waals surface area contributed by atoms with Gasteiger partial charge in [-0.1, -0.05) is 0 Å². The van der Waals surface area contributed by atoms with Crippen LogP contribution in [0.2, 0.25) is 0 Å². The van der Waals surface area contributed by atoms with Crippen molar-refractivity contribution in [3.8, 4) is 0 Å². The predicted molar refractivity (Wildman–Crippen MR) is 78.8 cm³/mol. The molecule has 0 aromatic rings. The first-order valence-corrected chi connectivity index (χ1v) is 5.47. The number of aliphatic hydroxyl groups is 2. The van der Waals surface area contributed by atoms with Crippen molar-refractivity contribution in [3.05, 3.63) is 0 Å². The van der Waals surface area contributed by atoms with E-state index in [0.29, 0.717) is 23.5 Å². The fourth-order valence-electron chi connectivity index (χ4n) is 0.765. The third-order valence-electron chi connectivity index (χ3n) is 1.68. The van der Waals surface area contributed by atoms with Gasteiger partial charge in [-0.05, 0) is 0 Å². The standard InChI is InChI=1S/C6H8O6S2.2Na.4H2O.2H/c7-3(8)5(11)1-13-6(12,2-14-5)4(9)10;;;;;;;;/h11-12H,1-2H2,(H,7,8)(H,9,10);;;4*1H2;;. The molecule has 20 heavy (non-hydrogen) atoms. The van der Waals surface area contributed by atoms with E-state index in [1.165, 1.54) is 0 Å². The summed E-state index contributed by atoms with van der Waals surface area (Å²) in [5.74, 6) is -3.59. The van der Waals surface area contributed by atoms with Gasteiger partial charge in [0.1, 0.15) is 0 Å². The van der Waals surface area contributed by atoms with Gasteiger partial charge in [0, 0.05) is 11.5 Å². The summed E-state index contributed by atoms with van der Waals surface area (Å²) in [6.07, 6.45) is 0. The van der Waals surface area contributed by atoms with Crippen LogP contribution in [0.15, 0.2) is 0 Å². The molecule has 0 aromatic heterocycles. The van der Waals surface area contributed by atoms with Crippen LogP contribution in [0.25, 0.3) is 0 Å². The van der Waals surface area contributed by atoms with Crippen LogP contribution in [0.4, 0.5) is 0 Å². The van der Waals surface area contributed by atoms with Gasteiger partial charge in [-0.15, -0.1) is 23.5 Å². The minimum atomic E-state index is -2.01. The zero-order chi connectivity index (χ0) is 11.0. The molecular formula is C6H18Na2O10S2. The van der Waals surface area contributed by atoms with Crippen LogP contribution < -0.4 is 0 Å². The molecule has 0 bridgehead atoms. The molecule has 0 aromatic carbocycles. The van der Waals surface area contributed by atoms with Crippen molar-refractivity contribution in [2.45, 2.75) is 9.87 Å². The van der Waals surface area contributed by atoms with Crippen molar-refractivity contribution in [3.63, 3.8) is 0 Å². The van der Waals surface area contributed by atoms with Crippen LogP contribution in [0.1, 0.15) is 0 Å². The van der Waals surface area contributed by atoms with Crippen LogP contribution >= 0.6 is 23.5 Å². The van der Waals surface area contributed by atoms with E-state index in [2.05, 4.69) is 0 Å². The topological polar surface area (TPSA) is 241 Å². The summed E-state index contributed by atoms with van der Waals surface area (Å²) in [5.41, 5.74) is 0. The van der Waals surface area contributed by atoms with E-state index >= 15 is 0 Å². The Bertz CT molecular complexity index is 255. The van der Waals surface area contributed by atoms with Crippen molar-refractivity contribution < 1.29 is 51.9 Å². The Morgan fingerprint density at radius 3 is 1.05 bits per heavy atom. The molecule has 1 fully saturated rings. The van der Waals surface area contributed by atoms with Gasteiger partial charge in [0.05, 0.1) is 0 Å². The van der Waals surface area contributed by atoms with E-state index in [0.717, 1.165) is 0 Å². The van der Waals surface area contributed by atoms with Crippen molar-refractivity contribution in [1.82, 2.24) is 0 Å². The van der Waals surface area contributed by atoms with E-state index in [1.807, 2.05) is 0 Å². The SMILES string of the molecule is O.O.O.O.O=C(O)C1(O)CSC(O)(C(=O)O)CS1.[NaH].[NaH]. The molecule has 1 rings (SSSR count). The fourth-order valence-corrected chi connectivity index (χ4v) is 3.15. The summed E-state index contributed by atoms with van der Waals surface area (Å²) in [7, 11) is 0. The van der Waals surface area contributed by atoms with Gasteiger partial charge < -0.3 is 42.3 Å². The van der Waals surface area contributed by atoms with Gasteiger partial charge in [0.25, 0.3) is 0 Å². The molecule has 10 nitrogen and oxygen atoms in total. The summed E-state index contributed by atoms with van der Waals surface area (Å²) in [6.45, 7) is 0. The molecule has 0 aliphatic carbocycles. The number of carboxylic acid groups (broad SMARTS) is 2. The zero-order valence-electron chi connectivity index (χ0n) is 8.84. The molecule has 1 saturated heterocycles. The molecule has 116 valence electrons. The van der Waals surface area contributed by atoms with Crippen LogP contribution in [0.5, 0.6) is 0 Å². The summed E-state index contributed by atoms with van der Waals surface area (Å²) in [6, 6.07) is 0. The Hall–Kier alpha value is 1.40. The van der Waals surface area contributed by atoms with Gasteiger partial charge in [-0.2, -0.15) is 0 Å². The number of thioether (sulfide) groups is 2. The summed E-state index contributed by atoms with van der Waals surface area (Å²) < 4.78 is 0. The van der Waals surface area contributed by atoms with E-state index in [4.69, 9.17) is 10.2 Å². The molecule has 12 N–H and O–H groups in total. The molecule has 2 atom stereocenters. The van der Waals surface area contributed by atoms with Crippen molar-refractivity contribution >= 4 is 94.6 Å². The predicted octanol–water partition coefficient (Wildman–Crippen LogP) is -5.58. The molecule has 0 saturated carbocycles. The number of carbonyl (C=O) groups is 2. The van der Waals surface area contributed by atoms with Crippen molar-refractivity contribution in [1.29, 1.82) is 0 Å². The third-order valence-corrected chi connectivity index (χ3v) is 4.76. The average Bonchev–Trinajstić information content (AvgIpc) is 2.10. The number of hydrogen-bond acceptors (Lipinski definition) is 6. The van der Waals surface area contributed by atoms with Crippen LogP contribution in [0.3, 0.4) is 0 Å². The normalized spacial score (nSPS) is 26.5. The second kappa shape index (κ2) is 14.0. The molecule has 2 unspecified atom stereocenters. The number of carboxylic acids is 2. The maximum atomic E-state index is 10.5. The molecule has 1 aliphatic rings. The zero-order valence-corrected chi connectivity index (χ0v) is 10.5. The molecule has 1 heterocycles. The third kappa shape index (κ3) is 8.75. The molecule has 1 aliphatic heterocycles. The van der Waals surface area contributed by atoms with Crippen LogP contribution in [0, 0.1) is 0 Å². The first-order valence-electron chi connectivity index (χ1n) is 3.50. The van der Waals surface area contributed by atoms with Gasteiger partial charge in [-0.3, -0.25) is 0 Å². The summed E-state index contributed by atoms with van der Waals surface area (Å²) in [5, 5.41) is 36.0. The molecule has 14 heteroatoms. The van der Waals surface area contributed by atoms with Crippen molar-refractivity contribution in [2.24, 2.45) is 0 Å². The molecule has 0 amide bonds. The molecule has 0 radical (unpaired) electrons. The maximum absolute atomic E-state index is 10.5.